The number of hydrogen-bond acceptors (Lipinski definition) is 5. The van der Waals surface area contributed by atoms with Crippen molar-refractivity contribution in [2.75, 3.05) is 33.0 Å². The molecule has 0 bridgehead atoms. The Kier molecular flexibility index (Phi) is 3.40. The van der Waals surface area contributed by atoms with Crippen molar-refractivity contribution in [1.29, 1.82) is 0 Å². The molecule has 1 aromatic rings. The Morgan fingerprint density at radius 3 is 2.61 bits per heavy atom. The summed E-state index contributed by atoms with van der Waals surface area (Å²) in [6, 6.07) is 0. The average molecular weight is 268 g/mol. The Hall–Kier alpha value is -0.490. The fourth-order valence-corrected chi connectivity index (χ4v) is 4.12. The lowest BCUT2D eigenvalue weighted by atomic mass is 9.83. The topological polar surface area (TPSA) is 57.4 Å². The number of nitrogens with zero attached hydrogens (tertiary/aromatic N) is 1. The summed E-state index contributed by atoms with van der Waals surface area (Å²) in [4.78, 5) is 6.13. The van der Waals surface area contributed by atoms with Crippen molar-refractivity contribution < 1.29 is 9.47 Å². The highest BCUT2D eigenvalue weighted by molar-refractivity contribution is 7.12. The summed E-state index contributed by atoms with van der Waals surface area (Å²) < 4.78 is 10.8. The van der Waals surface area contributed by atoms with Gasteiger partial charge in [0.2, 0.25) is 0 Å². The third kappa shape index (κ3) is 1.99. The highest BCUT2D eigenvalue weighted by Gasteiger charge is 2.42. The van der Waals surface area contributed by atoms with Gasteiger partial charge in [-0.1, -0.05) is 0 Å². The zero-order valence-electron chi connectivity index (χ0n) is 10.8. The van der Waals surface area contributed by atoms with Gasteiger partial charge in [-0.05, 0) is 19.8 Å². The van der Waals surface area contributed by atoms with Crippen molar-refractivity contribution in [1.82, 2.24) is 4.98 Å². The van der Waals surface area contributed by atoms with E-state index in [1.807, 2.05) is 11.3 Å². The van der Waals surface area contributed by atoms with Crippen molar-refractivity contribution >= 4 is 11.3 Å². The first-order valence-electron chi connectivity index (χ1n) is 6.58. The van der Waals surface area contributed by atoms with Gasteiger partial charge in [0, 0.05) is 30.6 Å². The average Bonchev–Trinajstić information content (AvgIpc) is 2.73. The number of hydrogen-bond donors (Lipinski definition) is 1. The summed E-state index contributed by atoms with van der Waals surface area (Å²) in [5.41, 5.74) is 7.13. The third-order valence-electron chi connectivity index (χ3n) is 4.01. The summed E-state index contributed by atoms with van der Waals surface area (Å²) in [5.74, 6) is 0.576. The van der Waals surface area contributed by atoms with Crippen molar-refractivity contribution in [3.05, 3.63) is 15.6 Å². The normalized spacial score (nSPS) is 23.9. The van der Waals surface area contributed by atoms with Crippen LogP contribution in [0.25, 0.3) is 0 Å². The minimum absolute atomic E-state index is 0.0468. The largest absolute Gasteiger partial charge is 0.381 e. The molecule has 100 valence electrons. The molecule has 0 saturated carbocycles. The fourth-order valence-electron chi connectivity index (χ4n) is 2.72. The molecular formula is C13H20N2O2S. The zero-order chi connectivity index (χ0) is 12.6. The molecule has 0 unspecified atom stereocenters. The van der Waals surface area contributed by atoms with Gasteiger partial charge in [0.25, 0.3) is 0 Å². The van der Waals surface area contributed by atoms with Crippen LogP contribution < -0.4 is 5.73 Å². The molecule has 3 rings (SSSR count). The number of aromatic nitrogens is 1. The minimum Gasteiger partial charge on any atom is -0.381 e. The Morgan fingerprint density at radius 2 is 2.06 bits per heavy atom. The quantitative estimate of drug-likeness (QED) is 0.904. The molecule has 0 spiro atoms. The van der Waals surface area contributed by atoms with Gasteiger partial charge in [0.1, 0.15) is 0 Å². The van der Waals surface area contributed by atoms with Gasteiger partial charge in [-0.3, -0.25) is 0 Å². The SMILES string of the molecule is Cc1nc(C2CCOCC2)sc1C1(CN)COC1. The van der Waals surface area contributed by atoms with Crippen LogP contribution >= 0.6 is 11.3 Å². The minimum atomic E-state index is 0.0468. The van der Waals surface area contributed by atoms with E-state index >= 15 is 0 Å². The standard InChI is InChI=1S/C13H20N2O2S/c1-9-11(13(6-14)7-17-8-13)18-12(15-9)10-2-4-16-5-3-10/h10H,2-8,14H2,1H3. The Labute approximate surface area is 111 Å². The first kappa shape index (κ1) is 12.5. The van der Waals surface area contributed by atoms with Crippen LogP contribution in [0.1, 0.15) is 34.3 Å². The van der Waals surface area contributed by atoms with Crippen LogP contribution in [0.15, 0.2) is 0 Å². The van der Waals surface area contributed by atoms with Gasteiger partial charge < -0.3 is 15.2 Å². The molecule has 0 atom stereocenters. The summed E-state index contributed by atoms with van der Waals surface area (Å²) in [6.45, 7) is 5.99. The molecule has 2 aliphatic heterocycles. The van der Waals surface area contributed by atoms with Crippen molar-refractivity contribution in [2.24, 2.45) is 5.73 Å². The molecule has 2 aliphatic rings. The molecule has 1 aromatic heterocycles. The number of aryl methyl sites for hydroxylation is 1. The molecule has 2 fully saturated rings. The Morgan fingerprint density at radius 1 is 1.33 bits per heavy atom. The fraction of sp³-hybridized carbons (Fsp3) is 0.769. The summed E-state index contributed by atoms with van der Waals surface area (Å²) in [7, 11) is 0. The first-order chi connectivity index (χ1) is 8.75. The number of ether oxygens (including phenoxy) is 2. The lowest BCUT2D eigenvalue weighted by Gasteiger charge is -2.40. The molecule has 0 radical (unpaired) electrons. The second-order valence-electron chi connectivity index (χ2n) is 5.33. The van der Waals surface area contributed by atoms with Crippen LogP contribution in [0.3, 0.4) is 0 Å². The maximum atomic E-state index is 5.94. The van der Waals surface area contributed by atoms with Crippen LogP contribution in [-0.2, 0) is 14.9 Å². The van der Waals surface area contributed by atoms with E-state index in [0.717, 1.165) is 45.0 Å². The molecule has 2 saturated heterocycles. The van der Waals surface area contributed by atoms with E-state index in [0.29, 0.717) is 12.5 Å². The van der Waals surface area contributed by atoms with Gasteiger partial charge in [-0.2, -0.15) is 0 Å². The van der Waals surface area contributed by atoms with Gasteiger partial charge in [-0.15, -0.1) is 11.3 Å². The highest BCUT2D eigenvalue weighted by atomic mass is 32.1. The summed E-state index contributed by atoms with van der Waals surface area (Å²) >= 11 is 1.85. The van der Waals surface area contributed by atoms with Crippen LogP contribution in [0.4, 0.5) is 0 Å². The summed E-state index contributed by atoms with van der Waals surface area (Å²) in [6.07, 6.45) is 2.19. The van der Waals surface area contributed by atoms with Crippen LogP contribution in [0.2, 0.25) is 0 Å². The first-order valence-corrected chi connectivity index (χ1v) is 7.40. The zero-order valence-corrected chi connectivity index (χ0v) is 11.6. The maximum Gasteiger partial charge on any atom is 0.0963 e. The predicted molar refractivity (Wildman–Crippen MR) is 71.2 cm³/mol. The van der Waals surface area contributed by atoms with Gasteiger partial charge in [0.05, 0.1) is 29.3 Å². The van der Waals surface area contributed by atoms with Gasteiger partial charge >= 0.3 is 0 Å². The summed E-state index contributed by atoms with van der Waals surface area (Å²) in [5, 5.41) is 1.27. The molecule has 18 heavy (non-hydrogen) atoms. The second kappa shape index (κ2) is 4.89. The predicted octanol–water partition coefficient (Wildman–Crippen LogP) is 1.57. The highest BCUT2D eigenvalue weighted by Crippen LogP contribution is 2.40. The molecule has 4 nitrogen and oxygen atoms in total. The molecular weight excluding hydrogens is 248 g/mol. The van der Waals surface area contributed by atoms with Crippen molar-refractivity contribution in [3.8, 4) is 0 Å². The Balaban J connectivity index is 1.85. The molecule has 2 N–H and O–H groups in total. The van der Waals surface area contributed by atoms with E-state index < -0.39 is 0 Å². The van der Waals surface area contributed by atoms with E-state index in [9.17, 15) is 0 Å². The molecule has 5 heteroatoms. The lowest BCUT2D eigenvalue weighted by Crippen LogP contribution is -2.52. The second-order valence-corrected chi connectivity index (χ2v) is 6.36. The lowest BCUT2D eigenvalue weighted by molar-refractivity contribution is -0.0535. The van der Waals surface area contributed by atoms with Crippen LogP contribution in [0.5, 0.6) is 0 Å². The molecule has 0 amide bonds. The van der Waals surface area contributed by atoms with Crippen molar-refractivity contribution in [3.63, 3.8) is 0 Å². The molecule has 3 heterocycles. The monoisotopic (exact) mass is 268 g/mol. The number of rotatable bonds is 3. The smallest absolute Gasteiger partial charge is 0.0963 e. The third-order valence-corrected chi connectivity index (χ3v) is 5.58. The van der Waals surface area contributed by atoms with Crippen LogP contribution in [0, 0.1) is 6.92 Å². The van der Waals surface area contributed by atoms with E-state index in [1.54, 1.807) is 0 Å². The van der Waals surface area contributed by atoms with E-state index in [4.69, 9.17) is 20.2 Å². The van der Waals surface area contributed by atoms with E-state index in [1.165, 1.54) is 9.88 Å². The Bertz CT molecular complexity index is 417. The van der Waals surface area contributed by atoms with Crippen LogP contribution in [-0.4, -0.2) is 38.0 Å². The van der Waals surface area contributed by atoms with Gasteiger partial charge in [0.15, 0.2) is 0 Å². The van der Waals surface area contributed by atoms with E-state index in [-0.39, 0.29) is 5.41 Å². The van der Waals surface area contributed by atoms with Crippen molar-refractivity contribution in [2.45, 2.75) is 31.1 Å². The maximum absolute atomic E-state index is 5.94. The molecule has 0 aromatic carbocycles. The molecule has 0 aliphatic carbocycles. The van der Waals surface area contributed by atoms with E-state index in [2.05, 4.69) is 6.92 Å². The number of thiazole rings is 1. The number of nitrogens with two attached hydrogens (primary N) is 1. The van der Waals surface area contributed by atoms with Gasteiger partial charge in [-0.25, -0.2) is 4.98 Å².